The first-order valence-electron chi connectivity index (χ1n) is 12.5. The Labute approximate surface area is 211 Å². The second-order valence-corrected chi connectivity index (χ2v) is 9.69. The van der Waals surface area contributed by atoms with Crippen molar-refractivity contribution >= 4 is 11.7 Å². The fraction of sp³-hybridized carbons (Fsp3) is 0.300. The summed E-state index contributed by atoms with van der Waals surface area (Å²) >= 11 is 0. The maximum absolute atomic E-state index is 12.4. The molecule has 0 saturated heterocycles. The third-order valence-electron chi connectivity index (χ3n) is 7.58. The minimum absolute atomic E-state index is 0.0588. The average Bonchev–Trinajstić information content (AvgIpc) is 3.22. The first-order valence-corrected chi connectivity index (χ1v) is 12.5. The van der Waals surface area contributed by atoms with Gasteiger partial charge in [-0.3, -0.25) is 14.6 Å². The van der Waals surface area contributed by atoms with Crippen LogP contribution in [0.2, 0.25) is 0 Å². The summed E-state index contributed by atoms with van der Waals surface area (Å²) in [7, 11) is 0. The summed E-state index contributed by atoms with van der Waals surface area (Å²) in [5.74, 6) is 2.99. The molecule has 36 heavy (non-hydrogen) atoms. The molecule has 3 aromatic rings. The highest BCUT2D eigenvalue weighted by Gasteiger charge is 2.41. The van der Waals surface area contributed by atoms with Crippen LogP contribution in [0.1, 0.15) is 54.1 Å². The van der Waals surface area contributed by atoms with E-state index in [1.165, 1.54) is 12.3 Å². The van der Waals surface area contributed by atoms with Crippen LogP contribution in [0.3, 0.4) is 0 Å². The number of ether oxygens (including phenoxy) is 2. The molecule has 1 aromatic heterocycles. The molecule has 3 aliphatic rings. The standard InChI is InChI=1S/C30H30N2O4/c1-2-28(33)25-16-20-9-8-19(25)10-15-24(20)27-17-29(26(18-32-27)30(31)34)36-23-13-11-22(12-14-23)35-21-6-4-3-5-7-21/h2-7,11-14,17-20,24-25H,1,8-10,15-16H2,(H2,31,34)/t19?,20?,24?,25-/m0/s1. The maximum Gasteiger partial charge on any atom is 0.254 e. The molecule has 6 rings (SSSR count). The van der Waals surface area contributed by atoms with Gasteiger partial charge in [0.25, 0.3) is 5.91 Å². The Bertz CT molecular complexity index is 1260. The van der Waals surface area contributed by atoms with Crippen molar-refractivity contribution in [3.63, 3.8) is 0 Å². The molecule has 6 heteroatoms. The van der Waals surface area contributed by atoms with Gasteiger partial charge in [0.05, 0.1) is 0 Å². The zero-order valence-electron chi connectivity index (χ0n) is 20.1. The normalized spacial score (nSPS) is 22.9. The van der Waals surface area contributed by atoms with Crippen LogP contribution in [0.15, 0.2) is 79.5 Å². The highest BCUT2D eigenvalue weighted by molar-refractivity contribution is 5.95. The third kappa shape index (κ3) is 5.03. The Morgan fingerprint density at radius 1 is 0.889 bits per heavy atom. The smallest absolute Gasteiger partial charge is 0.254 e. The molecule has 3 saturated carbocycles. The zero-order chi connectivity index (χ0) is 25.1. The molecule has 0 aliphatic heterocycles. The SMILES string of the molecule is C=CC(=O)[C@H]1CC2CCC1CCC2c1cc(Oc2ccc(Oc3ccccc3)cc2)c(C(N)=O)cn1. The molecule has 2 N–H and O–H groups in total. The number of nitrogens with zero attached hydrogens (tertiary/aromatic N) is 1. The molecular formula is C30H30N2O4. The van der Waals surface area contributed by atoms with E-state index in [2.05, 4.69) is 11.6 Å². The van der Waals surface area contributed by atoms with Crippen molar-refractivity contribution in [3.8, 4) is 23.0 Å². The largest absolute Gasteiger partial charge is 0.457 e. The van der Waals surface area contributed by atoms with Crippen LogP contribution < -0.4 is 15.2 Å². The van der Waals surface area contributed by atoms with Crippen LogP contribution in [0.4, 0.5) is 0 Å². The fourth-order valence-corrected chi connectivity index (χ4v) is 5.75. The van der Waals surface area contributed by atoms with Gasteiger partial charge < -0.3 is 15.2 Å². The monoisotopic (exact) mass is 482 g/mol. The highest BCUT2D eigenvalue weighted by Crippen LogP contribution is 2.50. The van der Waals surface area contributed by atoms with Crippen molar-refractivity contribution in [2.75, 3.05) is 0 Å². The highest BCUT2D eigenvalue weighted by atomic mass is 16.5. The van der Waals surface area contributed by atoms with Crippen LogP contribution >= 0.6 is 0 Å². The van der Waals surface area contributed by atoms with Gasteiger partial charge in [-0.2, -0.15) is 0 Å². The van der Waals surface area contributed by atoms with E-state index in [-0.39, 0.29) is 23.2 Å². The number of fused-ring (bicyclic) bond motifs is 4. The second kappa shape index (κ2) is 10.4. The lowest BCUT2D eigenvalue weighted by Gasteiger charge is -2.33. The number of nitrogens with two attached hydrogens (primary N) is 1. The van der Waals surface area contributed by atoms with Crippen molar-refractivity contribution < 1.29 is 19.1 Å². The number of ketones is 1. The lowest BCUT2D eigenvalue weighted by Crippen LogP contribution is -2.29. The Kier molecular flexibility index (Phi) is 6.85. The number of primary amides is 1. The van der Waals surface area contributed by atoms with Gasteiger partial charge in [0.15, 0.2) is 5.78 Å². The fourth-order valence-electron chi connectivity index (χ4n) is 5.75. The van der Waals surface area contributed by atoms with E-state index >= 15 is 0 Å². The van der Waals surface area contributed by atoms with Crippen LogP contribution in [0, 0.1) is 17.8 Å². The molecule has 4 atom stereocenters. The number of aromatic nitrogens is 1. The molecule has 184 valence electrons. The molecule has 3 aliphatic carbocycles. The average molecular weight is 483 g/mol. The summed E-state index contributed by atoms with van der Waals surface area (Å²) in [6.45, 7) is 3.70. The van der Waals surface area contributed by atoms with Crippen molar-refractivity contribution in [2.24, 2.45) is 23.5 Å². The van der Waals surface area contributed by atoms with E-state index in [1.54, 1.807) is 12.1 Å². The molecule has 3 fully saturated rings. The van der Waals surface area contributed by atoms with E-state index in [0.717, 1.165) is 43.5 Å². The summed E-state index contributed by atoms with van der Waals surface area (Å²) < 4.78 is 12.0. The number of hydrogen-bond donors (Lipinski definition) is 1. The number of para-hydroxylation sites is 1. The predicted molar refractivity (Wildman–Crippen MR) is 137 cm³/mol. The van der Waals surface area contributed by atoms with E-state index in [9.17, 15) is 9.59 Å². The summed E-state index contributed by atoms with van der Waals surface area (Å²) in [5, 5.41) is 0. The molecule has 0 spiro atoms. The van der Waals surface area contributed by atoms with E-state index in [1.807, 2.05) is 48.5 Å². The summed E-state index contributed by atoms with van der Waals surface area (Å²) in [6.07, 6.45) is 7.94. The zero-order valence-corrected chi connectivity index (χ0v) is 20.1. The number of rotatable bonds is 8. The predicted octanol–water partition coefficient (Wildman–Crippen LogP) is 6.43. The van der Waals surface area contributed by atoms with Crippen molar-refractivity contribution in [2.45, 2.75) is 38.0 Å². The molecule has 2 aromatic carbocycles. The van der Waals surface area contributed by atoms with Gasteiger partial charge in [0.2, 0.25) is 0 Å². The van der Waals surface area contributed by atoms with Crippen molar-refractivity contribution in [1.82, 2.24) is 4.98 Å². The number of pyridine rings is 1. The van der Waals surface area contributed by atoms with Gasteiger partial charge in [-0.25, -0.2) is 0 Å². The molecule has 0 radical (unpaired) electrons. The Balaban J connectivity index is 1.37. The number of benzene rings is 2. The van der Waals surface area contributed by atoms with Gasteiger partial charge in [-0.05, 0) is 86.4 Å². The van der Waals surface area contributed by atoms with Crippen molar-refractivity contribution in [3.05, 3.63) is 90.8 Å². The van der Waals surface area contributed by atoms with Crippen LogP contribution in [-0.4, -0.2) is 16.7 Å². The molecule has 1 heterocycles. The Morgan fingerprint density at radius 3 is 2.22 bits per heavy atom. The molecule has 1 amide bonds. The second-order valence-electron chi connectivity index (χ2n) is 9.69. The van der Waals surface area contributed by atoms with Crippen molar-refractivity contribution in [1.29, 1.82) is 0 Å². The molecule has 3 unspecified atom stereocenters. The van der Waals surface area contributed by atoms with Gasteiger partial charge in [0, 0.05) is 29.8 Å². The minimum atomic E-state index is -0.591. The molecule has 2 bridgehead atoms. The molecule has 6 nitrogen and oxygen atoms in total. The van der Waals surface area contributed by atoms with Crippen LogP contribution in [0.25, 0.3) is 0 Å². The summed E-state index contributed by atoms with van der Waals surface area (Å²) in [6, 6.07) is 18.6. The lowest BCUT2D eigenvalue weighted by atomic mass is 9.71. The van der Waals surface area contributed by atoms with E-state index < -0.39 is 5.91 Å². The van der Waals surface area contributed by atoms with Gasteiger partial charge in [0.1, 0.15) is 28.6 Å². The van der Waals surface area contributed by atoms with Gasteiger partial charge in [-0.1, -0.05) is 24.8 Å². The summed E-state index contributed by atoms with van der Waals surface area (Å²) in [4.78, 5) is 29.2. The number of amides is 1. The number of hydrogen-bond acceptors (Lipinski definition) is 5. The first-order chi connectivity index (χ1) is 17.5. The lowest BCUT2D eigenvalue weighted by molar-refractivity contribution is -0.121. The van der Waals surface area contributed by atoms with Gasteiger partial charge >= 0.3 is 0 Å². The third-order valence-corrected chi connectivity index (χ3v) is 7.58. The number of carbonyl (C=O) groups excluding carboxylic acids is 2. The summed E-state index contributed by atoms with van der Waals surface area (Å²) in [5.41, 5.74) is 6.76. The molecular weight excluding hydrogens is 452 g/mol. The number of carbonyl (C=O) groups is 2. The maximum atomic E-state index is 12.4. The van der Waals surface area contributed by atoms with Crippen LogP contribution in [-0.2, 0) is 4.79 Å². The topological polar surface area (TPSA) is 91.5 Å². The Hall–Kier alpha value is -3.93. The quantitative estimate of drug-likeness (QED) is 0.374. The number of allylic oxidation sites excluding steroid dienone is 1. The Morgan fingerprint density at radius 2 is 1.53 bits per heavy atom. The van der Waals surface area contributed by atoms with Crippen LogP contribution in [0.5, 0.6) is 23.0 Å². The minimum Gasteiger partial charge on any atom is -0.457 e. The first kappa shape index (κ1) is 23.8. The van der Waals surface area contributed by atoms with E-state index in [0.29, 0.717) is 29.1 Å². The van der Waals surface area contributed by atoms with Gasteiger partial charge in [-0.15, -0.1) is 0 Å². The van der Waals surface area contributed by atoms with E-state index in [4.69, 9.17) is 15.2 Å².